The molecule has 1 fully saturated rings. The first-order chi connectivity index (χ1) is 19.6. The molecule has 10 N–H and O–H groups in total. The molecular weight excluding hydrogens is 644 g/mol. The zero-order valence-electron chi connectivity index (χ0n) is 21.5. The number of halogens is 3. The third-order valence-corrected chi connectivity index (χ3v) is 9.44. The van der Waals surface area contributed by atoms with Crippen LogP contribution in [0.4, 0.5) is 13.2 Å². The number of hydrogen-bond acceptors (Lipinski definition) is 10. The van der Waals surface area contributed by atoms with E-state index in [-0.39, 0.29) is 28.5 Å². The number of guanidine groups is 1. The molecule has 1 aromatic carbocycles. The van der Waals surface area contributed by atoms with E-state index in [9.17, 15) is 32.7 Å². The van der Waals surface area contributed by atoms with Gasteiger partial charge in [-0.3, -0.25) is 30.6 Å². The third-order valence-electron chi connectivity index (χ3n) is 5.05. The summed E-state index contributed by atoms with van der Waals surface area (Å²) in [6.45, 7) is 0.391. The van der Waals surface area contributed by atoms with Gasteiger partial charge in [0.1, 0.15) is 23.1 Å². The molecule has 0 aromatic heterocycles. The van der Waals surface area contributed by atoms with E-state index in [2.05, 4.69) is 10.3 Å². The van der Waals surface area contributed by atoms with Gasteiger partial charge < -0.3 is 31.8 Å². The minimum absolute atomic E-state index is 0.00880. The molecule has 2 aliphatic heterocycles. The second-order valence-electron chi connectivity index (χ2n) is 8.08. The molecule has 0 saturated carbocycles. The number of nitrogens with two attached hydrogens (primary N) is 4. The second kappa shape index (κ2) is 15.8. The van der Waals surface area contributed by atoms with Gasteiger partial charge in [-0.2, -0.15) is 24.9 Å². The smallest absolute Gasteiger partial charge is 0.430 e. The number of rotatable bonds is 11. The fourth-order valence-corrected chi connectivity index (χ4v) is 7.20. The summed E-state index contributed by atoms with van der Waals surface area (Å²) in [7, 11) is 0. The number of nitrogens with one attached hydrogen (secondary N) is 1. The number of carbonyl (C=O) groups is 4. The number of alkyl halides is 3. The highest BCUT2D eigenvalue weighted by Gasteiger charge is 2.54. The number of hydrogen-bond donors (Lipinski definition) is 6. The SMILES string of the molecule is NC(=[NH2+])SCc1ccccc1SC1=C(C(=O)O)N2C(=O)[C@@H](NC(=O)CSCCN=C(N)N)[C@H]2SC1.O=C([O-])C(F)(F)F. The standard InChI is InChI=1S/C20H25N7O4S4.C2HF3O2/c21-19(22)25-5-6-32-9-13(28)26-14-16(29)27-15(18(30)31)12(8-33-17(14)27)35-11-4-2-1-3-10(11)7-34-20(23)24;3-2(4,5)1(6)7/h1-4,14,17H,5-9H2,(H3,23,24)(H,26,28)(H,30,31)(H4,21,22,25);(H,6,7)/t14-,17-;/m1./s1. The zero-order chi connectivity index (χ0) is 31.6. The summed E-state index contributed by atoms with van der Waals surface area (Å²) in [6, 6.07) is 6.80. The average Bonchev–Trinajstić information content (AvgIpc) is 2.90. The zero-order valence-corrected chi connectivity index (χ0v) is 24.7. The number of amidine groups is 1. The normalized spacial score (nSPS) is 17.7. The van der Waals surface area contributed by atoms with Crippen LogP contribution in [0.25, 0.3) is 0 Å². The van der Waals surface area contributed by atoms with E-state index in [1.165, 1.54) is 51.9 Å². The number of aliphatic carboxylic acids is 2. The van der Waals surface area contributed by atoms with E-state index in [0.29, 0.717) is 28.7 Å². The molecule has 0 spiro atoms. The van der Waals surface area contributed by atoms with Crippen molar-refractivity contribution in [2.24, 2.45) is 22.2 Å². The van der Waals surface area contributed by atoms with Crippen LogP contribution in [0.5, 0.6) is 0 Å². The number of carboxylic acids is 2. The topological polar surface area (TPSA) is 243 Å². The molecular formula is C22H26F3N7O6S4. The highest BCUT2D eigenvalue weighted by molar-refractivity contribution is 8.12. The quantitative estimate of drug-likeness (QED) is 0.0653. The number of nitrogens with zero attached hydrogens (tertiary/aromatic N) is 2. The molecule has 0 radical (unpaired) electrons. The van der Waals surface area contributed by atoms with E-state index in [4.69, 9.17) is 32.5 Å². The third kappa shape index (κ3) is 10.2. The Labute approximate surface area is 254 Å². The van der Waals surface area contributed by atoms with Crippen LogP contribution in [0.2, 0.25) is 0 Å². The number of carbonyl (C=O) groups excluding carboxylic acids is 3. The molecule has 42 heavy (non-hydrogen) atoms. The predicted molar refractivity (Wildman–Crippen MR) is 153 cm³/mol. The first kappa shape index (κ1) is 35.0. The molecule has 230 valence electrons. The Hall–Kier alpha value is -3.23. The molecule has 1 aromatic rings. The maximum Gasteiger partial charge on any atom is 0.430 e. The van der Waals surface area contributed by atoms with Gasteiger partial charge in [-0.15, -0.1) is 11.8 Å². The van der Waals surface area contributed by atoms with Crippen molar-refractivity contribution >= 4 is 81.9 Å². The van der Waals surface area contributed by atoms with Crippen LogP contribution in [0, 0.1) is 0 Å². The number of β-lactam (4-membered cyclic amide) rings is 1. The van der Waals surface area contributed by atoms with Crippen LogP contribution >= 0.6 is 47.0 Å². The summed E-state index contributed by atoms with van der Waals surface area (Å²) in [4.78, 5) is 52.6. The lowest BCUT2D eigenvalue weighted by atomic mass is 10.1. The maximum absolute atomic E-state index is 12.8. The van der Waals surface area contributed by atoms with E-state index in [1.54, 1.807) is 0 Å². The number of aliphatic imine (C=N–C) groups is 1. The lowest BCUT2D eigenvalue weighted by Gasteiger charge is -2.49. The Morgan fingerprint density at radius 1 is 1.24 bits per heavy atom. The number of thioether (sulfide) groups is 4. The summed E-state index contributed by atoms with van der Waals surface area (Å²) >= 11 is 5.37. The van der Waals surface area contributed by atoms with Crippen LogP contribution in [0.15, 0.2) is 44.8 Å². The summed E-state index contributed by atoms with van der Waals surface area (Å²) in [6.07, 6.45) is -5.19. The first-order valence-corrected chi connectivity index (χ1v) is 15.5. The molecule has 0 unspecified atom stereocenters. The molecule has 20 heteroatoms. The van der Waals surface area contributed by atoms with Crippen molar-refractivity contribution in [3.05, 3.63) is 40.4 Å². The summed E-state index contributed by atoms with van der Waals surface area (Å²) in [5.74, 6) is -3.31. The van der Waals surface area contributed by atoms with Gasteiger partial charge in [0.15, 0.2) is 5.96 Å². The van der Waals surface area contributed by atoms with Crippen LogP contribution in [-0.2, 0) is 24.9 Å². The van der Waals surface area contributed by atoms with E-state index in [1.807, 2.05) is 24.3 Å². The van der Waals surface area contributed by atoms with Crippen LogP contribution in [0.1, 0.15) is 5.56 Å². The monoisotopic (exact) mass is 669 g/mol. The Kier molecular flexibility index (Phi) is 13.2. The average molecular weight is 670 g/mol. The Morgan fingerprint density at radius 3 is 2.45 bits per heavy atom. The van der Waals surface area contributed by atoms with Gasteiger partial charge in [0, 0.05) is 27.1 Å². The maximum atomic E-state index is 12.8. The number of fused-ring (bicyclic) bond motifs is 1. The molecule has 1 saturated heterocycles. The summed E-state index contributed by atoms with van der Waals surface area (Å²) in [5.41, 5.74) is 17.0. The highest BCUT2D eigenvalue weighted by atomic mass is 32.2. The Morgan fingerprint density at radius 2 is 1.88 bits per heavy atom. The lowest BCUT2D eigenvalue weighted by molar-refractivity contribution is -0.344. The van der Waals surface area contributed by atoms with Gasteiger partial charge in [0.25, 0.3) is 11.1 Å². The molecule has 3 rings (SSSR count). The minimum Gasteiger partial charge on any atom is -0.542 e. The van der Waals surface area contributed by atoms with Crippen molar-refractivity contribution in [2.75, 3.05) is 23.8 Å². The van der Waals surface area contributed by atoms with Crippen molar-refractivity contribution in [1.82, 2.24) is 10.2 Å². The van der Waals surface area contributed by atoms with Gasteiger partial charge in [0.05, 0.1) is 12.3 Å². The molecule has 0 aliphatic carbocycles. The van der Waals surface area contributed by atoms with Crippen molar-refractivity contribution in [1.29, 1.82) is 0 Å². The van der Waals surface area contributed by atoms with E-state index in [0.717, 1.165) is 10.5 Å². The highest BCUT2D eigenvalue weighted by Crippen LogP contribution is 2.45. The molecule has 2 heterocycles. The number of benzene rings is 1. The Bertz CT molecular complexity index is 1280. The molecule has 2 atom stereocenters. The summed E-state index contributed by atoms with van der Waals surface area (Å²) in [5, 5.41) is 26.8. The van der Waals surface area contributed by atoms with Gasteiger partial charge in [-0.1, -0.05) is 30.0 Å². The van der Waals surface area contributed by atoms with Crippen LogP contribution in [0.3, 0.4) is 0 Å². The Balaban J connectivity index is 0.000000782. The number of carboxylic acid groups (broad SMARTS) is 2. The molecule has 2 amide bonds. The fourth-order valence-electron chi connectivity index (χ4n) is 3.30. The molecule has 13 nitrogen and oxygen atoms in total. The van der Waals surface area contributed by atoms with Crippen molar-refractivity contribution < 1.29 is 48.0 Å². The van der Waals surface area contributed by atoms with Crippen LogP contribution in [-0.4, -0.2) is 86.3 Å². The van der Waals surface area contributed by atoms with Gasteiger partial charge in [-0.05, 0) is 23.4 Å². The van der Waals surface area contributed by atoms with E-state index >= 15 is 0 Å². The lowest BCUT2D eigenvalue weighted by Crippen LogP contribution is -2.70. The first-order valence-electron chi connectivity index (χ1n) is 11.5. The summed E-state index contributed by atoms with van der Waals surface area (Å²) < 4.78 is 31.5. The van der Waals surface area contributed by atoms with E-state index < -0.39 is 35.4 Å². The second-order valence-corrected chi connectivity index (χ2v) is 12.5. The van der Waals surface area contributed by atoms with Gasteiger partial charge >= 0.3 is 12.1 Å². The van der Waals surface area contributed by atoms with Gasteiger partial charge in [0.2, 0.25) is 5.91 Å². The van der Waals surface area contributed by atoms with Crippen LogP contribution < -0.4 is 33.0 Å². The molecule has 2 aliphatic rings. The van der Waals surface area contributed by atoms with Gasteiger partial charge in [-0.25, -0.2) is 4.79 Å². The van der Waals surface area contributed by atoms with Crippen molar-refractivity contribution in [3.63, 3.8) is 0 Å². The predicted octanol–water partition coefficient (Wildman–Crippen LogP) is -1.91. The number of amides is 2. The minimum atomic E-state index is -5.19. The largest absolute Gasteiger partial charge is 0.542 e. The molecule has 0 bridgehead atoms. The van der Waals surface area contributed by atoms with Crippen molar-refractivity contribution in [3.8, 4) is 0 Å². The van der Waals surface area contributed by atoms with Crippen molar-refractivity contribution in [2.45, 2.75) is 28.2 Å². The fraction of sp³-hybridized carbons (Fsp3) is 0.364.